The number of fused-ring (bicyclic) bond motifs is 1. The fourth-order valence-corrected chi connectivity index (χ4v) is 3.51. The average Bonchev–Trinajstić information content (AvgIpc) is 3.27. The van der Waals surface area contributed by atoms with E-state index >= 15 is 0 Å². The first-order valence-electron chi connectivity index (χ1n) is 8.87. The number of nitrogens with two attached hydrogens (primary N) is 1. The summed E-state index contributed by atoms with van der Waals surface area (Å²) in [5.41, 5.74) is 1.95. The summed E-state index contributed by atoms with van der Waals surface area (Å²) in [6.07, 6.45) is -2.04. The van der Waals surface area contributed by atoms with Gasteiger partial charge in [0.15, 0.2) is 11.9 Å². The number of hydrogen-bond acceptors (Lipinski definition) is 8. The first-order chi connectivity index (χ1) is 14.3. The van der Waals surface area contributed by atoms with Gasteiger partial charge in [0.1, 0.15) is 35.8 Å². The molecule has 1 aliphatic rings. The Hall–Kier alpha value is -2.92. The minimum atomic E-state index is -3.97. The standard InChI is InChI=1S/C18H18N6O5S/c19-30(27,28)23-8-13-15(25)16(26)18(29-13)24-10-22-14-12(20-9-21-17(14)24)7-6-11-4-2-1-3-5-11/h1-5,9-10,13,15-16,18,23,25-26H,8H2,(H2,19,27,28)/t13-,15-,16-,18-/m1/s1. The van der Waals surface area contributed by atoms with Crippen molar-refractivity contribution < 1.29 is 23.4 Å². The molecule has 1 aromatic carbocycles. The Morgan fingerprint density at radius 3 is 2.63 bits per heavy atom. The van der Waals surface area contributed by atoms with Gasteiger partial charge in [0.25, 0.3) is 10.2 Å². The zero-order chi connectivity index (χ0) is 21.3. The molecule has 5 N–H and O–H groups in total. The second-order valence-electron chi connectivity index (χ2n) is 6.60. The highest BCUT2D eigenvalue weighted by atomic mass is 32.2. The maximum absolute atomic E-state index is 11.1. The number of benzene rings is 1. The van der Waals surface area contributed by atoms with Gasteiger partial charge in [-0.15, -0.1) is 0 Å². The number of rotatable bonds is 4. The molecule has 4 atom stereocenters. The highest BCUT2D eigenvalue weighted by Gasteiger charge is 2.44. The minimum absolute atomic E-state index is 0.303. The molecule has 11 nitrogen and oxygen atoms in total. The van der Waals surface area contributed by atoms with Crippen molar-refractivity contribution in [1.29, 1.82) is 0 Å². The summed E-state index contributed by atoms with van der Waals surface area (Å²) < 4.78 is 31.3. The smallest absolute Gasteiger partial charge is 0.274 e. The molecule has 1 aliphatic heterocycles. The maximum Gasteiger partial charge on any atom is 0.274 e. The van der Waals surface area contributed by atoms with Gasteiger partial charge in [-0.05, 0) is 18.1 Å². The van der Waals surface area contributed by atoms with Crippen molar-refractivity contribution in [2.45, 2.75) is 24.5 Å². The second kappa shape index (κ2) is 8.07. The van der Waals surface area contributed by atoms with Crippen LogP contribution < -0.4 is 9.86 Å². The largest absolute Gasteiger partial charge is 0.387 e. The molecule has 0 radical (unpaired) electrons. The van der Waals surface area contributed by atoms with Crippen LogP contribution in [0.15, 0.2) is 43.0 Å². The molecule has 0 amide bonds. The second-order valence-corrected chi connectivity index (χ2v) is 7.98. The van der Waals surface area contributed by atoms with Gasteiger partial charge in [-0.1, -0.05) is 24.1 Å². The zero-order valence-corrected chi connectivity index (χ0v) is 16.3. The van der Waals surface area contributed by atoms with Gasteiger partial charge >= 0.3 is 0 Å². The normalized spacial score (nSPS) is 24.0. The molecule has 3 heterocycles. The Kier molecular flexibility index (Phi) is 5.48. The highest BCUT2D eigenvalue weighted by Crippen LogP contribution is 2.31. The number of hydrogen-bond donors (Lipinski definition) is 4. The minimum Gasteiger partial charge on any atom is -0.387 e. The third kappa shape index (κ3) is 4.17. The molecular weight excluding hydrogens is 412 g/mol. The first kappa shape index (κ1) is 20.4. The molecule has 2 aromatic heterocycles. The third-order valence-electron chi connectivity index (χ3n) is 4.55. The van der Waals surface area contributed by atoms with Crippen LogP contribution in [0.5, 0.6) is 0 Å². The van der Waals surface area contributed by atoms with Crippen molar-refractivity contribution in [3.63, 3.8) is 0 Å². The summed E-state index contributed by atoms with van der Waals surface area (Å²) >= 11 is 0. The number of imidazole rings is 1. The van der Waals surface area contributed by atoms with E-state index in [2.05, 4.69) is 26.8 Å². The number of nitrogens with zero attached hydrogens (tertiary/aromatic N) is 4. The Morgan fingerprint density at radius 2 is 1.90 bits per heavy atom. The predicted molar refractivity (Wildman–Crippen MR) is 105 cm³/mol. The van der Waals surface area contributed by atoms with Crippen LogP contribution in [0.2, 0.25) is 0 Å². The molecule has 3 aromatic rings. The average molecular weight is 430 g/mol. The Labute approximate surface area is 171 Å². The van der Waals surface area contributed by atoms with Crippen LogP contribution in [0.3, 0.4) is 0 Å². The summed E-state index contributed by atoms with van der Waals surface area (Å²) in [5.74, 6) is 5.95. The van der Waals surface area contributed by atoms with Crippen LogP contribution in [0.25, 0.3) is 11.2 Å². The molecule has 12 heteroatoms. The first-order valence-corrected chi connectivity index (χ1v) is 10.4. The molecule has 0 saturated carbocycles. The van der Waals surface area contributed by atoms with E-state index in [0.29, 0.717) is 16.9 Å². The fraction of sp³-hybridized carbons (Fsp3) is 0.278. The van der Waals surface area contributed by atoms with E-state index < -0.39 is 34.7 Å². The molecule has 1 fully saturated rings. The van der Waals surface area contributed by atoms with Crippen molar-refractivity contribution >= 4 is 21.4 Å². The van der Waals surface area contributed by atoms with Crippen molar-refractivity contribution in [3.8, 4) is 11.8 Å². The highest BCUT2D eigenvalue weighted by molar-refractivity contribution is 7.87. The van der Waals surface area contributed by atoms with E-state index in [9.17, 15) is 18.6 Å². The zero-order valence-electron chi connectivity index (χ0n) is 15.5. The predicted octanol–water partition coefficient (Wildman–Crippen LogP) is -1.36. The van der Waals surface area contributed by atoms with Gasteiger partial charge in [0.2, 0.25) is 0 Å². The Balaban J connectivity index is 1.62. The monoisotopic (exact) mass is 430 g/mol. The topological polar surface area (TPSA) is 165 Å². The lowest BCUT2D eigenvalue weighted by molar-refractivity contribution is -0.0330. The van der Waals surface area contributed by atoms with Crippen molar-refractivity contribution in [2.75, 3.05) is 6.54 Å². The number of ether oxygens (including phenoxy) is 1. The summed E-state index contributed by atoms with van der Waals surface area (Å²) in [7, 11) is -3.97. The van der Waals surface area contributed by atoms with Crippen molar-refractivity contribution in [3.05, 3.63) is 54.2 Å². The van der Waals surface area contributed by atoms with Gasteiger partial charge < -0.3 is 14.9 Å². The SMILES string of the molecule is NS(=O)(=O)NC[C@H]1O[C@@H](n2cnc3c(C#Cc4ccccc4)ncnc32)[C@H](O)[C@@H]1O. The number of aliphatic hydroxyl groups excluding tert-OH is 2. The molecule has 0 spiro atoms. The number of aromatic nitrogens is 4. The Morgan fingerprint density at radius 1 is 1.13 bits per heavy atom. The molecule has 1 saturated heterocycles. The quantitative estimate of drug-likeness (QED) is 0.368. The number of aliphatic hydroxyl groups is 2. The van der Waals surface area contributed by atoms with Crippen LogP contribution >= 0.6 is 0 Å². The molecular formula is C18H18N6O5S. The van der Waals surface area contributed by atoms with Crippen molar-refractivity contribution in [1.82, 2.24) is 24.2 Å². The fourth-order valence-electron chi connectivity index (χ4n) is 3.11. The van der Waals surface area contributed by atoms with Crippen LogP contribution in [0.1, 0.15) is 17.5 Å². The van der Waals surface area contributed by atoms with Crippen LogP contribution in [-0.4, -0.2) is 63.0 Å². The van der Waals surface area contributed by atoms with Gasteiger partial charge in [-0.2, -0.15) is 13.1 Å². The third-order valence-corrected chi connectivity index (χ3v) is 5.12. The van der Waals surface area contributed by atoms with E-state index in [1.165, 1.54) is 17.2 Å². The van der Waals surface area contributed by atoms with Crippen LogP contribution in [-0.2, 0) is 14.9 Å². The molecule has 0 unspecified atom stereocenters. The van der Waals surface area contributed by atoms with E-state index in [4.69, 9.17) is 9.88 Å². The molecule has 0 bridgehead atoms. The lowest BCUT2D eigenvalue weighted by Crippen LogP contribution is -2.42. The van der Waals surface area contributed by atoms with Gasteiger partial charge in [0, 0.05) is 12.1 Å². The maximum atomic E-state index is 11.1. The Bertz CT molecular complexity index is 1220. The van der Waals surface area contributed by atoms with Crippen LogP contribution in [0, 0.1) is 11.8 Å². The molecule has 4 rings (SSSR count). The van der Waals surface area contributed by atoms with Crippen LogP contribution in [0.4, 0.5) is 0 Å². The van der Waals surface area contributed by atoms with Gasteiger partial charge in [-0.3, -0.25) is 4.57 Å². The summed E-state index contributed by atoms with van der Waals surface area (Å²) in [6, 6.07) is 9.37. The number of nitrogens with one attached hydrogen (secondary N) is 1. The van der Waals surface area contributed by atoms with E-state index in [1.807, 2.05) is 35.1 Å². The van der Waals surface area contributed by atoms with E-state index in [1.54, 1.807) is 0 Å². The van der Waals surface area contributed by atoms with Gasteiger partial charge in [0.05, 0.1) is 6.33 Å². The molecule has 30 heavy (non-hydrogen) atoms. The van der Waals surface area contributed by atoms with E-state index in [-0.39, 0.29) is 6.54 Å². The van der Waals surface area contributed by atoms with Gasteiger partial charge in [-0.25, -0.2) is 20.1 Å². The lowest BCUT2D eigenvalue weighted by atomic mass is 10.1. The summed E-state index contributed by atoms with van der Waals surface area (Å²) in [5, 5.41) is 25.5. The van der Waals surface area contributed by atoms with E-state index in [0.717, 1.165) is 5.56 Å². The van der Waals surface area contributed by atoms with Crippen molar-refractivity contribution in [2.24, 2.45) is 5.14 Å². The molecule has 0 aliphatic carbocycles. The molecule has 156 valence electrons. The lowest BCUT2D eigenvalue weighted by Gasteiger charge is -2.16. The summed E-state index contributed by atoms with van der Waals surface area (Å²) in [6.45, 7) is -0.303. The summed E-state index contributed by atoms with van der Waals surface area (Å²) in [4.78, 5) is 12.6.